The number of nitrogens with zero attached hydrogens (tertiary/aromatic N) is 2. The summed E-state index contributed by atoms with van der Waals surface area (Å²) < 4.78 is 0. The molecule has 0 aromatic heterocycles. The number of halogens is 2. The topological polar surface area (TPSA) is 40.6 Å². The first kappa shape index (κ1) is 15.9. The lowest BCUT2D eigenvalue weighted by atomic mass is 10.2. The average Bonchev–Trinajstić information content (AvgIpc) is 2.46. The van der Waals surface area contributed by atoms with Crippen molar-refractivity contribution >= 4 is 41.1 Å². The van der Waals surface area contributed by atoms with Crippen LogP contribution in [0.5, 0.6) is 0 Å². The lowest BCUT2D eigenvalue weighted by Gasteiger charge is -2.33. The molecular weight excluding hydrogens is 311 g/mol. The van der Waals surface area contributed by atoms with Crippen LogP contribution in [0.2, 0.25) is 10.0 Å². The Kier molecular flexibility index (Phi) is 5.26. The molecule has 0 unspecified atom stereocenters. The highest BCUT2D eigenvalue weighted by atomic mass is 35.5. The second-order valence-corrected chi connectivity index (χ2v) is 5.61. The quantitative estimate of drug-likeness (QED) is 0.784. The van der Waals surface area contributed by atoms with E-state index in [4.69, 9.17) is 23.2 Å². The van der Waals surface area contributed by atoms with Crippen molar-refractivity contribution in [3.63, 3.8) is 0 Å². The fraction of sp³-hybridized carbons (Fsp3) is 0.333. The summed E-state index contributed by atoms with van der Waals surface area (Å²) in [7, 11) is 0. The molecule has 1 fully saturated rings. The fourth-order valence-electron chi connectivity index (χ4n) is 2.17. The van der Waals surface area contributed by atoms with Gasteiger partial charge in [0.15, 0.2) is 0 Å². The molecule has 0 saturated carbocycles. The number of carbonyl (C=O) groups excluding carboxylic acids is 2. The molecule has 6 heteroatoms. The van der Waals surface area contributed by atoms with Crippen LogP contribution in [0.15, 0.2) is 24.3 Å². The van der Waals surface area contributed by atoms with Gasteiger partial charge >= 0.3 is 0 Å². The van der Waals surface area contributed by atoms with Gasteiger partial charge in [0, 0.05) is 54.8 Å². The Labute approximate surface area is 133 Å². The monoisotopic (exact) mass is 326 g/mol. The van der Waals surface area contributed by atoms with Gasteiger partial charge in [0.2, 0.25) is 11.8 Å². The van der Waals surface area contributed by atoms with Gasteiger partial charge in [0.1, 0.15) is 0 Å². The normalized spacial score (nSPS) is 15.6. The highest BCUT2D eigenvalue weighted by molar-refractivity contribution is 6.37. The van der Waals surface area contributed by atoms with Crippen LogP contribution in [0.25, 0.3) is 6.08 Å². The Hall–Kier alpha value is -1.52. The third-order valence-corrected chi connectivity index (χ3v) is 4.09. The molecule has 1 aromatic rings. The van der Waals surface area contributed by atoms with E-state index in [1.54, 1.807) is 34.1 Å². The van der Waals surface area contributed by atoms with Crippen LogP contribution < -0.4 is 0 Å². The van der Waals surface area contributed by atoms with E-state index in [0.717, 1.165) is 0 Å². The van der Waals surface area contributed by atoms with Crippen LogP contribution in [0.4, 0.5) is 0 Å². The van der Waals surface area contributed by atoms with E-state index in [0.29, 0.717) is 41.8 Å². The standard InChI is InChI=1S/C15H16Cl2N2O2/c1-11(20)18-7-9-19(10-8-18)15(21)6-5-12-13(16)3-2-4-14(12)17/h2-6H,7-10H2,1H3/b6-5+. The molecule has 112 valence electrons. The van der Waals surface area contributed by atoms with E-state index in [9.17, 15) is 9.59 Å². The summed E-state index contributed by atoms with van der Waals surface area (Å²) in [5.74, 6) is -0.0605. The highest BCUT2D eigenvalue weighted by Gasteiger charge is 2.20. The summed E-state index contributed by atoms with van der Waals surface area (Å²) in [6, 6.07) is 5.21. The first-order valence-electron chi connectivity index (χ1n) is 6.65. The van der Waals surface area contributed by atoms with E-state index < -0.39 is 0 Å². The minimum atomic E-state index is -0.103. The van der Waals surface area contributed by atoms with Crippen molar-refractivity contribution in [1.29, 1.82) is 0 Å². The van der Waals surface area contributed by atoms with Crippen molar-refractivity contribution in [2.24, 2.45) is 0 Å². The number of hydrogen-bond donors (Lipinski definition) is 0. The SMILES string of the molecule is CC(=O)N1CCN(C(=O)/C=C/c2c(Cl)cccc2Cl)CC1. The summed E-state index contributed by atoms with van der Waals surface area (Å²) in [5, 5.41) is 1.01. The number of carbonyl (C=O) groups is 2. The molecule has 2 rings (SSSR count). The maximum absolute atomic E-state index is 12.1. The lowest BCUT2D eigenvalue weighted by Crippen LogP contribution is -2.49. The Morgan fingerprint density at radius 2 is 1.57 bits per heavy atom. The summed E-state index contributed by atoms with van der Waals surface area (Å²) in [4.78, 5) is 26.8. The number of rotatable bonds is 2. The van der Waals surface area contributed by atoms with Crippen LogP contribution in [0.3, 0.4) is 0 Å². The second-order valence-electron chi connectivity index (χ2n) is 4.80. The summed E-state index contributed by atoms with van der Waals surface area (Å²) in [6.45, 7) is 3.76. The van der Waals surface area contributed by atoms with Gasteiger partial charge in [-0.15, -0.1) is 0 Å². The summed E-state index contributed by atoms with van der Waals surface area (Å²) in [5.41, 5.74) is 0.636. The number of amides is 2. The van der Waals surface area contributed by atoms with Gasteiger partial charge in [-0.05, 0) is 18.2 Å². The van der Waals surface area contributed by atoms with Crippen LogP contribution in [-0.2, 0) is 9.59 Å². The zero-order chi connectivity index (χ0) is 15.4. The largest absolute Gasteiger partial charge is 0.339 e. The van der Waals surface area contributed by atoms with Crippen molar-refractivity contribution in [2.75, 3.05) is 26.2 Å². The number of hydrogen-bond acceptors (Lipinski definition) is 2. The van der Waals surface area contributed by atoms with Crippen LogP contribution in [-0.4, -0.2) is 47.8 Å². The second kappa shape index (κ2) is 6.96. The smallest absolute Gasteiger partial charge is 0.246 e. The third-order valence-electron chi connectivity index (χ3n) is 3.43. The Morgan fingerprint density at radius 3 is 2.10 bits per heavy atom. The van der Waals surface area contributed by atoms with Crippen LogP contribution >= 0.6 is 23.2 Å². The molecule has 1 aliphatic heterocycles. The third kappa shape index (κ3) is 3.99. The summed E-state index contributed by atoms with van der Waals surface area (Å²) >= 11 is 12.1. The van der Waals surface area contributed by atoms with E-state index in [-0.39, 0.29) is 11.8 Å². The molecule has 1 saturated heterocycles. The minimum absolute atomic E-state index is 0.0421. The van der Waals surface area contributed by atoms with Crippen LogP contribution in [0.1, 0.15) is 12.5 Å². The molecule has 21 heavy (non-hydrogen) atoms. The van der Waals surface area contributed by atoms with Gasteiger partial charge < -0.3 is 9.80 Å². The van der Waals surface area contributed by atoms with Crippen LogP contribution in [0, 0.1) is 0 Å². The maximum Gasteiger partial charge on any atom is 0.246 e. The molecule has 0 radical (unpaired) electrons. The molecule has 0 atom stereocenters. The molecular formula is C15H16Cl2N2O2. The van der Waals surface area contributed by atoms with E-state index in [1.807, 2.05) is 0 Å². The lowest BCUT2D eigenvalue weighted by molar-refractivity contribution is -0.135. The zero-order valence-electron chi connectivity index (χ0n) is 11.7. The Morgan fingerprint density at radius 1 is 1.05 bits per heavy atom. The Balaban J connectivity index is 1.99. The Bertz CT molecular complexity index is 559. The van der Waals surface area contributed by atoms with Gasteiger partial charge in [0.05, 0.1) is 0 Å². The number of piperazine rings is 1. The molecule has 0 N–H and O–H groups in total. The molecule has 0 spiro atoms. The van der Waals surface area contributed by atoms with Gasteiger partial charge in [-0.2, -0.15) is 0 Å². The van der Waals surface area contributed by atoms with Crippen molar-refractivity contribution < 1.29 is 9.59 Å². The minimum Gasteiger partial charge on any atom is -0.339 e. The van der Waals surface area contributed by atoms with E-state index in [2.05, 4.69) is 0 Å². The van der Waals surface area contributed by atoms with Gasteiger partial charge in [-0.25, -0.2) is 0 Å². The van der Waals surface area contributed by atoms with Crippen molar-refractivity contribution in [3.8, 4) is 0 Å². The molecule has 0 bridgehead atoms. The number of benzene rings is 1. The van der Waals surface area contributed by atoms with Crippen molar-refractivity contribution in [1.82, 2.24) is 9.80 Å². The molecule has 4 nitrogen and oxygen atoms in total. The zero-order valence-corrected chi connectivity index (χ0v) is 13.2. The summed E-state index contributed by atoms with van der Waals surface area (Å²) in [6.07, 6.45) is 3.10. The first-order chi connectivity index (χ1) is 9.99. The maximum atomic E-state index is 12.1. The fourth-order valence-corrected chi connectivity index (χ4v) is 2.70. The predicted molar refractivity (Wildman–Crippen MR) is 84.3 cm³/mol. The molecule has 1 aliphatic rings. The van der Waals surface area contributed by atoms with E-state index in [1.165, 1.54) is 13.0 Å². The first-order valence-corrected chi connectivity index (χ1v) is 7.41. The van der Waals surface area contributed by atoms with E-state index >= 15 is 0 Å². The molecule has 1 aromatic carbocycles. The van der Waals surface area contributed by atoms with Gasteiger partial charge in [-0.1, -0.05) is 29.3 Å². The molecule has 2 amide bonds. The van der Waals surface area contributed by atoms with Gasteiger partial charge in [-0.3, -0.25) is 9.59 Å². The average molecular weight is 327 g/mol. The highest BCUT2D eigenvalue weighted by Crippen LogP contribution is 2.25. The molecule has 0 aliphatic carbocycles. The van der Waals surface area contributed by atoms with Crippen molar-refractivity contribution in [3.05, 3.63) is 39.9 Å². The molecule has 1 heterocycles. The van der Waals surface area contributed by atoms with Crippen molar-refractivity contribution in [2.45, 2.75) is 6.92 Å². The van der Waals surface area contributed by atoms with Gasteiger partial charge in [0.25, 0.3) is 0 Å². The predicted octanol–water partition coefficient (Wildman–Crippen LogP) is 2.70.